The molecule has 1 aromatic rings. The summed E-state index contributed by atoms with van der Waals surface area (Å²) in [5.74, 6) is 3.14. The van der Waals surface area contributed by atoms with E-state index in [1.54, 1.807) is 6.20 Å². The van der Waals surface area contributed by atoms with E-state index >= 15 is 0 Å². The number of fused-ring (bicyclic) bond motifs is 1. The van der Waals surface area contributed by atoms with Crippen molar-refractivity contribution in [2.24, 2.45) is 24.8 Å². The zero-order chi connectivity index (χ0) is 9.71. The SMILES string of the molecule is Cn1ccnc1C(O)C1CC2CC2C1. The number of nitrogens with zero attached hydrogens (tertiary/aromatic N) is 2. The van der Waals surface area contributed by atoms with E-state index in [2.05, 4.69) is 4.98 Å². The minimum Gasteiger partial charge on any atom is -0.385 e. The van der Waals surface area contributed by atoms with Crippen molar-refractivity contribution < 1.29 is 5.11 Å². The summed E-state index contributed by atoms with van der Waals surface area (Å²) in [5.41, 5.74) is 0. The van der Waals surface area contributed by atoms with E-state index in [-0.39, 0.29) is 6.10 Å². The third-order valence-electron chi connectivity index (χ3n) is 3.85. The molecule has 0 spiro atoms. The van der Waals surface area contributed by atoms with Gasteiger partial charge in [-0.05, 0) is 37.0 Å². The Hall–Kier alpha value is -0.830. The first-order chi connectivity index (χ1) is 6.75. The molecule has 1 aromatic heterocycles. The fourth-order valence-electron chi connectivity index (χ4n) is 2.89. The molecule has 1 heterocycles. The standard InChI is InChI=1S/C11H16N2O/c1-13-3-2-12-11(13)10(14)9-5-7-4-8(7)6-9/h2-3,7-10,14H,4-6H2,1H3. The lowest BCUT2D eigenvalue weighted by atomic mass is 9.96. The van der Waals surface area contributed by atoms with Crippen LogP contribution in [0.4, 0.5) is 0 Å². The molecule has 3 nitrogen and oxygen atoms in total. The highest BCUT2D eigenvalue weighted by atomic mass is 16.3. The van der Waals surface area contributed by atoms with Crippen molar-refractivity contribution in [1.82, 2.24) is 9.55 Å². The molecule has 3 atom stereocenters. The van der Waals surface area contributed by atoms with Crippen molar-refractivity contribution in [2.75, 3.05) is 0 Å². The molecule has 3 rings (SSSR count). The van der Waals surface area contributed by atoms with E-state index in [1.807, 2.05) is 17.8 Å². The van der Waals surface area contributed by atoms with Gasteiger partial charge in [-0.2, -0.15) is 0 Å². The molecule has 0 amide bonds. The third-order valence-corrected chi connectivity index (χ3v) is 3.85. The molecule has 2 fully saturated rings. The Kier molecular flexibility index (Phi) is 1.71. The maximum atomic E-state index is 10.1. The van der Waals surface area contributed by atoms with Gasteiger partial charge in [-0.3, -0.25) is 0 Å². The highest BCUT2D eigenvalue weighted by Gasteiger charge is 2.48. The molecule has 0 radical (unpaired) electrons. The molecule has 76 valence electrons. The minimum absolute atomic E-state index is 0.345. The number of aliphatic hydroxyl groups is 1. The van der Waals surface area contributed by atoms with Gasteiger partial charge in [0.2, 0.25) is 0 Å². The van der Waals surface area contributed by atoms with Gasteiger partial charge in [-0.15, -0.1) is 0 Å². The first kappa shape index (κ1) is 8.48. The molecule has 0 saturated heterocycles. The molecule has 2 saturated carbocycles. The van der Waals surface area contributed by atoms with E-state index in [9.17, 15) is 5.11 Å². The Bertz CT molecular complexity index is 337. The Morgan fingerprint density at radius 1 is 1.43 bits per heavy atom. The fourth-order valence-corrected chi connectivity index (χ4v) is 2.89. The highest BCUT2D eigenvalue weighted by molar-refractivity contribution is 5.04. The smallest absolute Gasteiger partial charge is 0.137 e. The van der Waals surface area contributed by atoms with Gasteiger partial charge in [0.15, 0.2) is 0 Å². The van der Waals surface area contributed by atoms with Crippen molar-refractivity contribution in [3.8, 4) is 0 Å². The number of aliphatic hydroxyl groups excluding tert-OH is 1. The molecular weight excluding hydrogens is 176 g/mol. The zero-order valence-electron chi connectivity index (χ0n) is 8.43. The lowest BCUT2D eigenvalue weighted by Crippen LogP contribution is -2.15. The van der Waals surface area contributed by atoms with Gasteiger partial charge in [0, 0.05) is 19.4 Å². The van der Waals surface area contributed by atoms with Gasteiger partial charge in [0.1, 0.15) is 11.9 Å². The average Bonchev–Trinajstić information content (AvgIpc) is 2.64. The van der Waals surface area contributed by atoms with Crippen LogP contribution in [0.2, 0.25) is 0 Å². The van der Waals surface area contributed by atoms with Crippen molar-refractivity contribution in [3.63, 3.8) is 0 Å². The van der Waals surface area contributed by atoms with E-state index in [0.29, 0.717) is 5.92 Å². The summed E-state index contributed by atoms with van der Waals surface area (Å²) >= 11 is 0. The normalized spacial score (nSPS) is 36.9. The van der Waals surface area contributed by atoms with E-state index in [0.717, 1.165) is 17.7 Å². The quantitative estimate of drug-likeness (QED) is 0.771. The number of hydrogen-bond donors (Lipinski definition) is 1. The molecule has 0 aliphatic heterocycles. The second-order valence-electron chi connectivity index (χ2n) is 4.83. The molecule has 0 bridgehead atoms. The summed E-state index contributed by atoms with van der Waals surface area (Å²) in [5, 5.41) is 10.1. The number of aryl methyl sites for hydroxylation is 1. The number of imidazole rings is 1. The maximum absolute atomic E-state index is 10.1. The van der Waals surface area contributed by atoms with Crippen LogP contribution in [0, 0.1) is 17.8 Å². The Morgan fingerprint density at radius 2 is 2.14 bits per heavy atom. The molecule has 3 heteroatoms. The van der Waals surface area contributed by atoms with Crippen LogP contribution >= 0.6 is 0 Å². The molecule has 1 N–H and O–H groups in total. The lowest BCUT2D eigenvalue weighted by molar-refractivity contribution is 0.0932. The van der Waals surface area contributed by atoms with Crippen LogP contribution in [0.5, 0.6) is 0 Å². The van der Waals surface area contributed by atoms with Crippen LogP contribution in [0.1, 0.15) is 31.2 Å². The Balaban J connectivity index is 1.76. The molecule has 0 aromatic carbocycles. The molecule has 3 unspecified atom stereocenters. The largest absolute Gasteiger partial charge is 0.385 e. The van der Waals surface area contributed by atoms with Crippen LogP contribution in [0.15, 0.2) is 12.4 Å². The van der Waals surface area contributed by atoms with Gasteiger partial charge < -0.3 is 9.67 Å². The van der Waals surface area contributed by atoms with Crippen LogP contribution in [-0.4, -0.2) is 14.7 Å². The van der Waals surface area contributed by atoms with Crippen LogP contribution in [-0.2, 0) is 7.05 Å². The summed E-state index contributed by atoms with van der Waals surface area (Å²) in [6.07, 6.45) is 7.13. The fraction of sp³-hybridized carbons (Fsp3) is 0.727. The predicted octanol–water partition coefficient (Wildman–Crippen LogP) is 1.50. The maximum Gasteiger partial charge on any atom is 0.137 e. The van der Waals surface area contributed by atoms with Crippen molar-refractivity contribution in [3.05, 3.63) is 18.2 Å². The summed E-state index contributed by atoms with van der Waals surface area (Å²) in [4.78, 5) is 4.21. The monoisotopic (exact) mass is 192 g/mol. The van der Waals surface area contributed by atoms with Crippen molar-refractivity contribution in [1.29, 1.82) is 0 Å². The lowest BCUT2D eigenvalue weighted by Gasteiger charge is -2.18. The van der Waals surface area contributed by atoms with Gasteiger partial charge >= 0.3 is 0 Å². The third kappa shape index (κ3) is 1.19. The molecular formula is C11H16N2O. The van der Waals surface area contributed by atoms with E-state index in [4.69, 9.17) is 0 Å². The first-order valence-corrected chi connectivity index (χ1v) is 5.41. The van der Waals surface area contributed by atoms with Gasteiger partial charge in [0.25, 0.3) is 0 Å². The van der Waals surface area contributed by atoms with Crippen molar-refractivity contribution in [2.45, 2.75) is 25.4 Å². The summed E-state index contributed by atoms with van der Waals surface area (Å²) in [7, 11) is 1.95. The Morgan fingerprint density at radius 3 is 2.71 bits per heavy atom. The first-order valence-electron chi connectivity index (χ1n) is 5.41. The topological polar surface area (TPSA) is 38.0 Å². The van der Waals surface area contributed by atoms with Crippen LogP contribution in [0.3, 0.4) is 0 Å². The summed E-state index contributed by atoms with van der Waals surface area (Å²) in [6.45, 7) is 0. The van der Waals surface area contributed by atoms with E-state index < -0.39 is 0 Å². The van der Waals surface area contributed by atoms with Crippen molar-refractivity contribution >= 4 is 0 Å². The summed E-state index contributed by atoms with van der Waals surface area (Å²) < 4.78 is 1.93. The van der Waals surface area contributed by atoms with Crippen LogP contribution in [0.25, 0.3) is 0 Å². The van der Waals surface area contributed by atoms with Gasteiger partial charge in [-0.25, -0.2) is 4.98 Å². The molecule has 14 heavy (non-hydrogen) atoms. The highest BCUT2D eigenvalue weighted by Crippen LogP contribution is 2.56. The average molecular weight is 192 g/mol. The predicted molar refractivity (Wildman–Crippen MR) is 52.5 cm³/mol. The molecule has 2 aliphatic rings. The number of rotatable bonds is 2. The Labute approximate surface area is 83.8 Å². The second-order valence-corrected chi connectivity index (χ2v) is 4.83. The summed E-state index contributed by atoms with van der Waals surface area (Å²) in [6, 6.07) is 0. The number of aromatic nitrogens is 2. The zero-order valence-corrected chi connectivity index (χ0v) is 8.43. The number of hydrogen-bond acceptors (Lipinski definition) is 2. The van der Waals surface area contributed by atoms with Gasteiger partial charge in [0.05, 0.1) is 0 Å². The van der Waals surface area contributed by atoms with E-state index in [1.165, 1.54) is 19.3 Å². The molecule has 2 aliphatic carbocycles. The minimum atomic E-state index is -0.345. The second kappa shape index (κ2) is 2.83. The van der Waals surface area contributed by atoms with Gasteiger partial charge in [-0.1, -0.05) is 0 Å². The van der Waals surface area contributed by atoms with Crippen LogP contribution < -0.4 is 0 Å².